The maximum absolute atomic E-state index is 5.27. The molecule has 0 amide bonds. The molecule has 2 nitrogen and oxygen atoms in total. The van der Waals surface area contributed by atoms with Gasteiger partial charge in [-0.05, 0) is 72.1 Å². The predicted molar refractivity (Wildman–Crippen MR) is 156 cm³/mol. The number of nitrogens with zero attached hydrogens (tertiary/aromatic N) is 1. The van der Waals surface area contributed by atoms with Gasteiger partial charge in [0.05, 0.1) is 11.1 Å². The SMILES string of the molecule is Cc1cc(C)c(NC(=CC2=NC(c3c(C(C)C)cccc3C(C)C)CS2)c2ccccc2)c(C)c1. The van der Waals surface area contributed by atoms with Gasteiger partial charge < -0.3 is 5.32 Å². The smallest absolute Gasteiger partial charge is 0.0934 e. The number of thioether (sulfide) groups is 1. The van der Waals surface area contributed by atoms with Crippen LogP contribution in [-0.2, 0) is 0 Å². The number of nitrogens with one attached hydrogen (secondary N) is 1. The Morgan fingerprint density at radius 1 is 0.886 bits per heavy atom. The number of anilines is 1. The molecular weight excluding hydrogens is 444 g/mol. The van der Waals surface area contributed by atoms with E-state index in [9.17, 15) is 0 Å². The van der Waals surface area contributed by atoms with Crippen LogP contribution in [0.2, 0.25) is 0 Å². The van der Waals surface area contributed by atoms with Crippen LogP contribution in [0.15, 0.2) is 71.7 Å². The van der Waals surface area contributed by atoms with Crippen molar-refractivity contribution in [3.63, 3.8) is 0 Å². The predicted octanol–water partition coefficient (Wildman–Crippen LogP) is 9.20. The quantitative estimate of drug-likeness (QED) is 0.363. The lowest BCUT2D eigenvalue weighted by Gasteiger charge is -2.22. The van der Waals surface area contributed by atoms with E-state index in [1.807, 2.05) is 11.8 Å². The highest BCUT2D eigenvalue weighted by Crippen LogP contribution is 2.40. The summed E-state index contributed by atoms with van der Waals surface area (Å²) in [5, 5.41) is 4.86. The van der Waals surface area contributed by atoms with E-state index in [0.29, 0.717) is 11.8 Å². The van der Waals surface area contributed by atoms with Crippen molar-refractivity contribution in [3.05, 3.63) is 106 Å². The molecule has 1 N–H and O–H groups in total. The molecule has 0 aliphatic carbocycles. The summed E-state index contributed by atoms with van der Waals surface area (Å²) in [7, 11) is 0. The molecule has 1 aliphatic rings. The molecule has 35 heavy (non-hydrogen) atoms. The molecule has 1 heterocycles. The molecule has 1 unspecified atom stereocenters. The molecule has 0 fully saturated rings. The monoisotopic (exact) mass is 482 g/mol. The number of rotatable bonds is 7. The third-order valence-electron chi connectivity index (χ3n) is 6.71. The van der Waals surface area contributed by atoms with Crippen LogP contribution >= 0.6 is 11.8 Å². The molecule has 0 radical (unpaired) electrons. The molecule has 3 aromatic carbocycles. The molecule has 0 spiro atoms. The zero-order valence-electron chi connectivity index (χ0n) is 22.1. The zero-order valence-corrected chi connectivity index (χ0v) is 23.0. The minimum Gasteiger partial charge on any atom is -0.355 e. The summed E-state index contributed by atoms with van der Waals surface area (Å²) in [6.07, 6.45) is 2.24. The molecule has 0 aromatic heterocycles. The van der Waals surface area contributed by atoms with Crippen molar-refractivity contribution in [2.24, 2.45) is 4.99 Å². The van der Waals surface area contributed by atoms with Crippen LogP contribution in [0.4, 0.5) is 5.69 Å². The number of aliphatic imine (C=N–C) groups is 1. The van der Waals surface area contributed by atoms with E-state index in [1.54, 1.807) is 0 Å². The van der Waals surface area contributed by atoms with Crippen LogP contribution in [0.25, 0.3) is 5.70 Å². The Bertz CT molecular complexity index is 1200. The normalized spacial score (nSPS) is 16.2. The lowest BCUT2D eigenvalue weighted by molar-refractivity contribution is 0.743. The second-order valence-electron chi connectivity index (χ2n) is 10.3. The van der Waals surface area contributed by atoms with Gasteiger partial charge in [0.25, 0.3) is 0 Å². The Labute approximate surface area is 216 Å². The minimum atomic E-state index is 0.196. The average molecular weight is 483 g/mol. The van der Waals surface area contributed by atoms with Gasteiger partial charge in [0, 0.05) is 17.1 Å². The van der Waals surface area contributed by atoms with Gasteiger partial charge in [-0.1, -0.05) is 93.9 Å². The van der Waals surface area contributed by atoms with Gasteiger partial charge in [0.2, 0.25) is 0 Å². The Morgan fingerprint density at radius 3 is 2.06 bits per heavy atom. The summed E-state index contributed by atoms with van der Waals surface area (Å²) >= 11 is 1.86. The van der Waals surface area contributed by atoms with Gasteiger partial charge in [-0.15, -0.1) is 11.8 Å². The zero-order chi connectivity index (χ0) is 25.1. The lowest BCUT2D eigenvalue weighted by Crippen LogP contribution is -2.08. The maximum Gasteiger partial charge on any atom is 0.0934 e. The van der Waals surface area contributed by atoms with Gasteiger partial charge in [0.15, 0.2) is 0 Å². The van der Waals surface area contributed by atoms with Gasteiger partial charge >= 0.3 is 0 Å². The highest BCUT2D eigenvalue weighted by molar-refractivity contribution is 8.14. The molecule has 1 aliphatic heterocycles. The Kier molecular flexibility index (Phi) is 7.86. The van der Waals surface area contributed by atoms with Gasteiger partial charge in [0.1, 0.15) is 0 Å². The largest absolute Gasteiger partial charge is 0.355 e. The first kappa shape index (κ1) is 25.3. The highest BCUT2D eigenvalue weighted by atomic mass is 32.2. The first-order valence-corrected chi connectivity index (χ1v) is 13.7. The standard InChI is InChI=1S/C32H38N2S/c1-20(2)26-14-11-15-27(21(3)4)31(26)29-19-35-30(33-29)18-28(25-12-9-8-10-13-25)34-32-23(6)16-22(5)17-24(32)7/h8-18,20-21,29,34H,19H2,1-7H3. The number of hydrogen-bond donors (Lipinski definition) is 1. The third-order valence-corrected chi connectivity index (χ3v) is 7.71. The fourth-order valence-corrected chi connectivity index (χ4v) is 6.03. The van der Waals surface area contributed by atoms with Crippen LogP contribution in [0.5, 0.6) is 0 Å². The fraction of sp³-hybridized carbons (Fsp3) is 0.344. The van der Waals surface area contributed by atoms with Gasteiger partial charge in [-0.25, -0.2) is 0 Å². The van der Waals surface area contributed by atoms with Crippen LogP contribution in [-0.4, -0.2) is 10.8 Å². The molecule has 0 saturated heterocycles. The fourth-order valence-electron chi connectivity index (χ4n) is 5.06. The lowest BCUT2D eigenvalue weighted by atomic mass is 9.85. The van der Waals surface area contributed by atoms with E-state index in [4.69, 9.17) is 4.99 Å². The topological polar surface area (TPSA) is 24.4 Å². The van der Waals surface area contributed by atoms with Crippen molar-refractivity contribution in [3.8, 4) is 0 Å². The van der Waals surface area contributed by atoms with E-state index in [-0.39, 0.29) is 6.04 Å². The van der Waals surface area contributed by atoms with E-state index in [0.717, 1.165) is 16.5 Å². The second kappa shape index (κ2) is 10.9. The van der Waals surface area contributed by atoms with Crippen molar-refractivity contribution >= 4 is 28.2 Å². The highest BCUT2D eigenvalue weighted by Gasteiger charge is 2.26. The van der Waals surface area contributed by atoms with E-state index in [2.05, 4.69) is 121 Å². The van der Waals surface area contributed by atoms with Crippen molar-refractivity contribution in [2.75, 3.05) is 11.1 Å². The van der Waals surface area contributed by atoms with Crippen LogP contribution in [0, 0.1) is 20.8 Å². The molecule has 4 rings (SSSR count). The van der Waals surface area contributed by atoms with Gasteiger partial charge in [-0.2, -0.15) is 0 Å². The first-order chi connectivity index (χ1) is 16.7. The molecule has 1 atom stereocenters. The summed E-state index contributed by atoms with van der Waals surface area (Å²) in [5.74, 6) is 1.95. The maximum atomic E-state index is 5.27. The van der Waals surface area contributed by atoms with E-state index >= 15 is 0 Å². The third kappa shape index (κ3) is 5.73. The van der Waals surface area contributed by atoms with Gasteiger partial charge in [-0.3, -0.25) is 4.99 Å². The molecular formula is C32H38N2S. The van der Waals surface area contributed by atoms with Crippen LogP contribution < -0.4 is 5.32 Å². The van der Waals surface area contributed by atoms with Crippen LogP contribution in [0.1, 0.15) is 84.5 Å². The summed E-state index contributed by atoms with van der Waals surface area (Å²) in [6, 6.07) is 22.1. The van der Waals surface area contributed by atoms with Crippen molar-refractivity contribution < 1.29 is 0 Å². The second-order valence-corrected chi connectivity index (χ2v) is 11.3. The van der Waals surface area contributed by atoms with Crippen molar-refractivity contribution in [1.29, 1.82) is 0 Å². The summed E-state index contributed by atoms with van der Waals surface area (Å²) in [4.78, 5) is 5.27. The molecule has 0 saturated carbocycles. The summed E-state index contributed by atoms with van der Waals surface area (Å²) in [5.41, 5.74) is 11.6. The first-order valence-electron chi connectivity index (χ1n) is 12.7. The molecule has 0 bridgehead atoms. The van der Waals surface area contributed by atoms with Crippen molar-refractivity contribution in [2.45, 2.75) is 66.3 Å². The number of benzene rings is 3. The Morgan fingerprint density at radius 2 is 1.49 bits per heavy atom. The number of aryl methyl sites for hydroxylation is 3. The Hall–Kier alpha value is -2.78. The minimum absolute atomic E-state index is 0.196. The summed E-state index contributed by atoms with van der Waals surface area (Å²) in [6.45, 7) is 15.7. The van der Waals surface area contributed by atoms with E-state index < -0.39 is 0 Å². The van der Waals surface area contributed by atoms with Crippen LogP contribution in [0.3, 0.4) is 0 Å². The summed E-state index contributed by atoms with van der Waals surface area (Å²) < 4.78 is 0. The number of hydrogen-bond acceptors (Lipinski definition) is 3. The van der Waals surface area contributed by atoms with Crippen molar-refractivity contribution in [1.82, 2.24) is 0 Å². The van der Waals surface area contributed by atoms with E-state index in [1.165, 1.54) is 44.6 Å². The molecule has 3 heteroatoms. The molecule has 3 aromatic rings. The molecule has 182 valence electrons. The average Bonchev–Trinajstić information content (AvgIpc) is 3.28. The Balaban J connectivity index is 1.75.